The molecule has 1 aromatic carbocycles. The summed E-state index contributed by atoms with van der Waals surface area (Å²) < 4.78 is 107. The zero-order valence-electron chi connectivity index (χ0n) is 34.8. The SMILES string of the molecule is CC(C)(COP(=O)(O)OP(=O)(O)OC[C@H]1O[C@@H](n2cnc3c(N)cnnc32)[C@H](O)[C@@H]1OP(=O)(O)O)[C@@H](O)C(=O)NCCC(=O)NCCSC(=O)C1(CCCc2cccc(C(F)(F)F)c2)CO1. The number of ether oxygens (including phenoxy) is 2. The fourth-order valence-corrected chi connectivity index (χ4v) is 10.0. The van der Waals surface area contributed by atoms with E-state index in [-0.39, 0.29) is 53.8 Å². The number of aliphatic hydroxyl groups excluding tert-OH is 2. The molecular formula is C34H47F3N7O18P3S. The third kappa shape index (κ3) is 14.8. The Bertz CT molecular complexity index is 2370. The van der Waals surface area contributed by atoms with E-state index in [0.29, 0.717) is 24.8 Å². The molecule has 2 aliphatic rings. The minimum Gasteiger partial charge on any atom is -0.396 e. The first kappa shape index (κ1) is 53.5. The van der Waals surface area contributed by atoms with Crippen molar-refractivity contribution in [1.82, 2.24) is 30.4 Å². The molecule has 10 N–H and O–H groups in total. The third-order valence-electron chi connectivity index (χ3n) is 9.90. The summed E-state index contributed by atoms with van der Waals surface area (Å²) in [5, 5.41) is 33.6. The number of aliphatic hydroxyl groups is 2. The van der Waals surface area contributed by atoms with Crippen LogP contribution in [-0.2, 0) is 68.0 Å². The Hall–Kier alpha value is -3.47. The second-order valence-electron chi connectivity index (χ2n) is 15.6. The second-order valence-corrected chi connectivity index (χ2v) is 20.9. The first-order chi connectivity index (χ1) is 30.6. The summed E-state index contributed by atoms with van der Waals surface area (Å²) in [6.07, 6.45) is -10.5. The van der Waals surface area contributed by atoms with E-state index >= 15 is 0 Å². The van der Waals surface area contributed by atoms with Gasteiger partial charge in [0.1, 0.15) is 29.9 Å². The number of halogens is 3. The lowest BCUT2D eigenvalue weighted by molar-refractivity contribution is -0.138. The number of imidazole rings is 1. The van der Waals surface area contributed by atoms with E-state index in [4.69, 9.17) is 24.3 Å². The predicted octanol–water partition coefficient (Wildman–Crippen LogP) is 1.48. The number of phosphoric ester groups is 3. The maximum absolute atomic E-state index is 13.0. The topological polar surface area (TPSA) is 376 Å². The van der Waals surface area contributed by atoms with Gasteiger partial charge in [-0.2, -0.15) is 22.6 Å². The van der Waals surface area contributed by atoms with Gasteiger partial charge in [0.25, 0.3) is 0 Å². The van der Waals surface area contributed by atoms with Gasteiger partial charge in [0.05, 0.1) is 43.6 Å². The number of hydrogen-bond donors (Lipinski definition) is 9. The third-order valence-corrected chi connectivity index (χ3v) is 14.0. The van der Waals surface area contributed by atoms with Crippen LogP contribution < -0.4 is 16.4 Å². The van der Waals surface area contributed by atoms with E-state index in [2.05, 4.69) is 34.6 Å². The molecule has 368 valence electrons. The van der Waals surface area contributed by atoms with Crippen LogP contribution in [0.3, 0.4) is 0 Å². The number of carbonyl (C=O) groups is 3. The van der Waals surface area contributed by atoms with Crippen molar-refractivity contribution < 1.29 is 98.4 Å². The highest BCUT2D eigenvalue weighted by Gasteiger charge is 2.52. The molecule has 32 heteroatoms. The second kappa shape index (κ2) is 21.4. The molecule has 25 nitrogen and oxygen atoms in total. The lowest BCUT2D eigenvalue weighted by Gasteiger charge is -2.30. The number of aryl methyl sites for hydroxylation is 1. The number of alkyl halides is 3. The fraction of sp³-hybridized carbons (Fsp3) is 0.588. The Morgan fingerprint density at radius 2 is 1.79 bits per heavy atom. The van der Waals surface area contributed by atoms with Crippen molar-refractivity contribution in [1.29, 1.82) is 0 Å². The average Bonchev–Trinajstić information content (AvgIpc) is 3.79. The number of nitrogen functional groups attached to an aromatic ring is 1. The van der Waals surface area contributed by atoms with Crippen molar-refractivity contribution in [3.05, 3.63) is 47.9 Å². The van der Waals surface area contributed by atoms with Crippen LogP contribution in [0.1, 0.15) is 50.5 Å². The van der Waals surface area contributed by atoms with Gasteiger partial charge < -0.3 is 55.6 Å². The Morgan fingerprint density at radius 1 is 1.09 bits per heavy atom. The highest BCUT2D eigenvalue weighted by molar-refractivity contribution is 8.13. The van der Waals surface area contributed by atoms with Gasteiger partial charge >= 0.3 is 29.6 Å². The van der Waals surface area contributed by atoms with Gasteiger partial charge in [0, 0.05) is 30.7 Å². The van der Waals surface area contributed by atoms with Gasteiger partial charge in [-0.1, -0.05) is 43.8 Å². The molecule has 0 bridgehead atoms. The van der Waals surface area contributed by atoms with E-state index in [9.17, 15) is 71.0 Å². The number of nitrogens with one attached hydrogen (secondary N) is 2. The Kier molecular flexibility index (Phi) is 17.4. The number of benzene rings is 1. The van der Waals surface area contributed by atoms with Crippen molar-refractivity contribution in [3.8, 4) is 0 Å². The van der Waals surface area contributed by atoms with Crippen molar-refractivity contribution in [3.63, 3.8) is 0 Å². The number of hydrogen-bond acceptors (Lipinski definition) is 19. The van der Waals surface area contributed by atoms with Crippen LogP contribution in [0, 0.1) is 5.41 Å². The molecule has 66 heavy (non-hydrogen) atoms. The van der Waals surface area contributed by atoms with Gasteiger partial charge in [-0.15, -0.1) is 5.10 Å². The van der Waals surface area contributed by atoms with Crippen LogP contribution in [0.5, 0.6) is 0 Å². The largest absolute Gasteiger partial charge is 0.481 e. The normalized spacial score (nSPS) is 23.5. The van der Waals surface area contributed by atoms with Gasteiger partial charge in [-0.05, 0) is 30.9 Å². The minimum atomic E-state index is -5.62. The number of rotatable bonds is 24. The average molecular weight is 1020 g/mol. The zero-order chi connectivity index (χ0) is 48.9. The first-order valence-corrected chi connectivity index (χ1v) is 25.0. The molecule has 4 heterocycles. The Labute approximate surface area is 376 Å². The van der Waals surface area contributed by atoms with E-state index in [1.54, 1.807) is 6.07 Å². The van der Waals surface area contributed by atoms with Crippen molar-refractivity contribution in [2.24, 2.45) is 5.41 Å². The van der Waals surface area contributed by atoms with Crippen molar-refractivity contribution in [2.45, 2.75) is 82.0 Å². The highest BCUT2D eigenvalue weighted by atomic mass is 32.2. The molecule has 3 aromatic rings. The number of anilines is 1. The quantitative estimate of drug-likeness (QED) is 0.0348. The van der Waals surface area contributed by atoms with Crippen LogP contribution >= 0.6 is 35.2 Å². The van der Waals surface area contributed by atoms with Crippen LogP contribution in [0.2, 0.25) is 0 Å². The number of nitrogens with zero attached hydrogens (tertiary/aromatic N) is 4. The molecule has 5 rings (SSSR count). The summed E-state index contributed by atoms with van der Waals surface area (Å²) in [6.45, 7) is 0.298. The minimum absolute atomic E-state index is 0.0367. The molecule has 0 spiro atoms. The summed E-state index contributed by atoms with van der Waals surface area (Å²) in [7, 11) is -16.5. The lowest BCUT2D eigenvalue weighted by atomic mass is 9.87. The Balaban J connectivity index is 1.00. The van der Waals surface area contributed by atoms with Crippen LogP contribution in [-0.4, -0.2) is 135 Å². The van der Waals surface area contributed by atoms with E-state index in [1.165, 1.54) is 26.1 Å². The monoisotopic (exact) mass is 1020 g/mol. The predicted molar refractivity (Wildman–Crippen MR) is 220 cm³/mol. The van der Waals surface area contributed by atoms with Gasteiger partial charge in [0.15, 0.2) is 17.5 Å². The van der Waals surface area contributed by atoms with Gasteiger partial charge in [0.2, 0.25) is 16.9 Å². The summed E-state index contributed by atoms with van der Waals surface area (Å²) in [5.74, 6) is -1.39. The van der Waals surface area contributed by atoms with E-state index in [1.807, 2.05) is 0 Å². The molecule has 8 atom stereocenters. The maximum Gasteiger partial charge on any atom is 0.481 e. The molecule has 0 saturated carbocycles. The highest BCUT2D eigenvalue weighted by Crippen LogP contribution is 2.61. The summed E-state index contributed by atoms with van der Waals surface area (Å²) >= 11 is 0.918. The van der Waals surface area contributed by atoms with E-state index in [0.717, 1.165) is 34.8 Å². The summed E-state index contributed by atoms with van der Waals surface area (Å²) in [5.41, 5.74) is 2.99. The molecule has 2 fully saturated rings. The fourth-order valence-electron chi connectivity index (χ4n) is 6.33. The summed E-state index contributed by atoms with van der Waals surface area (Å²) in [4.78, 5) is 81.1. The molecular weight excluding hydrogens is 976 g/mol. The molecule has 0 radical (unpaired) electrons. The smallest absolute Gasteiger partial charge is 0.396 e. The van der Waals surface area contributed by atoms with Gasteiger partial charge in [-0.3, -0.25) is 32.5 Å². The number of nitrogens with two attached hydrogens (primary N) is 1. The Morgan fingerprint density at radius 3 is 2.45 bits per heavy atom. The summed E-state index contributed by atoms with van der Waals surface area (Å²) in [6, 6.07) is 4.94. The number of amides is 2. The molecule has 2 saturated heterocycles. The lowest BCUT2D eigenvalue weighted by Crippen LogP contribution is -2.46. The number of fused-ring (bicyclic) bond motifs is 1. The standard InChI is InChI=1S/C34H47F3N7O18P3S/c1-32(2,27(47)29(48)40-10-8-23(45)39-11-12-66-31(49)33(17-57-33)9-4-6-19-5-3-7-20(13-19)34(35,36)37)16-59-65(55,56)62-64(53,54)58-15-22-26(61-63(50,51)52)25(46)30(60-22)44-18-41-24-21(38)14-42-43-28(24)44/h3,5,7,13-14,18,22,25-27,30,46-47H,4,6,8-12,15-17H2,1-2H3,(H2,38,43)(H,39,45)(H,40,48)(H,53,54)(H,55,56)(H2,50,51,52)/t22-,25-,26-,27+,30-,33?/m1/s1. The maximum atomic E-state index is 13.0. The van der Waals surface area contributed by atoms with Crippen LogP contribution in [0.15, 0.2) is 36.8 Å². The number of epoxide rings is 1. The molecule has 0 aliphatic carbocycles. The van der Waals surface area contributed by atoms with E-state index < -0.39 is 102 Å². The number of thioether (sulfide) groups is 1. The number of aromatic nitrogens is 4. The van der Waals surface area contributed by atoms with Gasteiger partial charge in [-0.25, -0.2) is 18.7 Å². The van der Waals surface area contributed by atoms with Crippen molar-refractivity contribution in [2.75, 3.05) is 44.4 Å². The number of phosphoric acid groups is 3. The van der Waals surface area contributed by atoms with Crippen LogP contribution in [0.25, 0.3) is 11.2 Å². The molecule has 2 aliphatic heterocycles. The van der Waals surface area contributed by atoms with Crippen LogP contribution in [0.4, 0.5) is 18.9 Å². The van der Waals surface area contributed by atoms with Crippen molar-refractivity contribution >= 4 is 69.0 Å². The molecule has 3 unspecified atom stereocenters. The zero-order valence-corrected chi connectivity index (χ0v) is 38.3. The number of carbonyl (C=O) groups excluding carboxylic acids is 3. The molecule has 2 amide bonds. The molecule has 2 aromatic heterocycles. The first-order valence-electron chi connectivity index (χ1n) is 19.5.